The summed E-state index contributed by atoms with van der Waals surface area (Å²) in [4.78, 5) is 23.9. The number of hydrogen-bond donors (Lipinski definition) is 2. The van der Waals surface area contributed by atoms with Crippen molar-refractivity contribution >= 4 is 11.9 Å². The summed E-state index contributed by atoms with van der Waals surface area (Å²) in [5, 5.41) is 20.1. The Hall–Kier alpha value is -2.03. The zero-order valence-electron chi connectivity index (χ0n) is 12.2. The molecular weight excluding hydrogens is 258 g/mol. The normalized spacial score (nSPS) is 10.8. The Morgan fingerprint density at radius 3 is 2.40 bits per heavy atom. The largest absolute Gasteiger partial charge is 0.481 e. The maximum absolute atomic E-state index is 11.8. The molecule has 0 aliphatic rings. The number of carboxylic acids is 1. The van der Waals surface area contributed by atoms with Crippen molar-refractivity contribution in [3.8, 4) is 6.07 Å². The second-order valence-electron chi connectivity index (χ2n) is 4.34. The number of unbranched alkanes of at least 4 members (excludes halogenated alkanes) is 2. The second kappa shape index (κ2) is 10.9. The minimum Gasteiger partial charge on any atom is -0.481 e. The standard InChI is InChI=1S/C14H23N3O3/c1-3-17(4-2)11-12(10-15)14(20)16-9-7-5-6-8-13(18)19/h11H,3-9H2,1-2H3,(H,16,20)(H,18,19)/b12-11-. The molecule has 6 heteroatoms. The highest BCUT2D eigenvalue weighted by Crippen LogP contribution is 2.00. The van der Waals surface area contributed by atoms with E-state index >= 15 is 0 Å². The molecule has 2 N–H and O–H groups in total. The molecule has 0 saturated heterocycles. The molecular formula is C14H23N3O3. The summed E-state index contributed by atoms with van der Waals surface area (Å²) >= 11 is 0. The minimum absolute atomic E-state index is 0.0965. The first-order valence-corrected chi connectivity index (χ1v) is 6.91. The highest BCUT2D eigenvalue weighted by Gasteiger charge is 2.09. The Morgan fingerprint density at radius 2 is 1.90 bits per heavy atom. The fraction of sp³-hybridized carbons (Fsp3) is 0.643. The fourth-order valence-corrected chi connectivity index (χ4v) is 1.60. The minimum atomic E-state index is -0.803. The van der Waals surface area contributed by atoms with Gasteiger partial charge in [0.1, 0.15) is 11.6 Å². The predicted molar refractivity (Wildman–Crippen MR) is 75.7 cm³/mol. The van der Waals surface area contributed by atoms with Crippen LogP contribution in [-0.2, 0) is 9.59 Å². The molecule has 112 valence electrons. The van der Waals surface area contributed by atoms with Crippen molar-refractivity contribution < 1.29 is 14.7 Å². The molecule has 0 atom stereocenters. The molecule has 0 aliphatic carbocycles. The number of rotatable bonds is 10. The molecule has 0 heterocycles. The second-order valence-corrected chi connectivity index (χ2v) is 4.34. The van der Waals surface area contributed by atoms with Crippen LogP contribution >= 0.6 is 0 Å². The first-order valence-electron chi connectivity index (χ1n) is 6.91. The molecule has 0 aromatic carbocycles. The van der Waals surface area contributed by atoms with Gasteiger partial charge in [-0.1, -0.05) is 6.42 Å². The van der Waals surface area contributed by atoms with E-state index in [9.17, 15) is 9.59 Å². The van der Waals surface area contributed by atoms with Gasteiger partial charge in [-0.25, -0.2) is 0 Å². The summed E-state index contributed by atoms with van der Waals surface area (Å²) in [6.45, 7) is 5.84. The average molecular weight is 281 g/mol. The number of nitriles is 1. The van der Waals surface area contributed by atoms with Crippen LogP contribution < -0.4 is 5.32 Å². The Morgan fingerprint density at radius 1 is 1.25 bits per heavy atom. The molecule has 0 aromatic heterocycles. The van der Waals surface area contributed by atoms with E-state index in [2.05, 4.69) is 5.32 Å². The van der Waals surface area contributed by atoms with Crippen LogP contribution in [0.1, 0.15) is 39.5 Å². The van der Waals surface area contributed by atoms with Gasteiger partial charge >= 0.3 is 5.97 Å². The van der Waals surface area contributed by atoms with Crippen molar-refractivity contribution in [2.24, 2.45) is 0 Å². The van der Waals surface area contributed by atoms with Crippen molar-refractivity contribution in [1.82, 2.24) is 10.2 Å². The summed E-state index contributed by atoms with van der Waals surface area (Å²) in [5.74, 6) is -1.18. The van der Waals surface area contributed by atoms with E-state index in [1.807, 2.05) is 24.8 Å². The van der Waals surface area contributed by atoms with Crippen molar-refractivity contribution in [1.29, 1.82) is 5.26 Å². The van der Waals surface area contributed by atoms with E-state index < -0.39 is 5.97 Å². The molecule has 1 amide bonds. The lowest BCUT2D eigenvalue weighted by molar-refractivity contribution is -0.137. The molecule has 0 saturated carbocycles. The van der Waals surface area contributed by atoms with Gasteiger partial charge in [0.15, 0.2) is 0 Å². The highest BCUT2D eigenvalue weighted by molar-refractivity contribution is 5.97. The number of carboxylic acid groups (broad SMARTS) is 1. The van der Waals surface area contributed by atoms with Gasteiger partial charge in [-0.3, -0.25) is 9.59 Å². The molecule has 0 bridgehead atoms. The third-order valence-corrected chi connectivity index (χ3v) is 2.84. The fourth-order valence-electron chi connectivity index (χ4n) is 1.60. The Kier molecular flexibility index (Phi) is 9.75. The maximum atomic E-state index is 11.8. The van der Waals surface area contributed by atoms with Crippen molar-refractivity contribution in [2.45, 2.75) is 39.5 Å². The molecule has 0 radical (unpaired) electrons. The highest BCUT2D eigenvalue weighted by atomic mass is 16.4. The zero-order valence-corrected chi connectivity index (χ0v) is 12.2. The summed E-state index contributed by atoms with van der Waals surface area (Å²) in [7, 11) is 0. The third-order valence-electron chi connectivity index (χ3n) is 2.84. The van der Waals surface area contributed by atoms with Crippen LogP contribution in [0.3, 0.4) is 0 Å². The SMILES string of the molecule is CCN(/C=C(/C#N)C(=O)NCCCCCC(=O)O)CC. The predicted octanol–water partition coefficient (Wildman–Crippen LogP) is 1.50. The first-order chi connectivity index (χ1) is 9.54. The molecule has 0 rings (SSSR count). The first kappa shape index (κ1) is 18.0. The number of amides is 1. The van der Waals surface area contributed by atoms with Crippen LogP contribution in [0.25, 0.3) is 0 Å². The quantitative estimate of drug-likeness (QED) is 0.359. The average Bonchev–Trinajstić information content (AvgIpc) is 2.43. The van der Waals surface area contributed by atoms with Crippen molar-refractivity contribution in [2.75, 3.05) is 19.6 Å². The van der Waals surface area contributed by atoms with Gasteiger partial charge in [0.05, 0.1) is 0 Å². The summed E-state index contributed by atoms with van der Waals surface area (Å²) in [6.07, 6.45) is 3.78. The lowest BCUT2D eigenvalue weighted by Crippen LogP contribution is -2.27. The van der Waals surface area contributed by atoms with Gasteiger partial charge in [-0.05, 0) is 26.7 Å². The summed E-state index contributed by atoms with van der Waals surface area (Å²) in [5.41, 5.74) is 0.0965. The van der Waals surface area contributed by atoms with Gasteiger partial charge < -0.3 is 15.3 Å². The molecule has 0 spiro atoms. The molecule has 6 nitrogen and oxygen atoms in total. The topological polar surface area (TPSA) is 93.4 Å². The number of hydrogen-bond acceptors (Lipinski definition) is 4. The lowest BCUT2D eigenvalue weighted by atomic mass is 10.2. The number of aliphatic carboxylic acids is 1. The molecule has 0 unspecified atom stereocenters. The van der Waals surface area contributed by atoms with E-state index in [1.54, 1.807) is 6.20 Å². The Bertz CT molecular complexity index is 382. The Labute approximate surface area is 120 Å². The van der Waals surface area contributed by atoms with E-state index in [4.69, 9.17) is 10.4 Å². The van der Waals surface area contributed by atoms with Gasteiger partial charge in [-0.15, -0.1) is 0 Å². The molecule has 0 aromatic rings. The van der Waals surface area contributed by atoms with Gasteiger partial charge in [0.2, 0.25) is 0 Å². The van der Waals surface area contributed by atoms with Crippen LogP contribution in [0.15, 0.2) is 11.8 Å². The van der Waals surface area contributed by atoms with Gasteiger partial charge in [-0.2, -0.15) is 5.26 Å². The third kappa shape index (κ3) is 8.14. The number of carbonyl (C=O) groups excluding carboxylic acids is 1. The smallest absolute Gasteiger partial charge is 0.303 e. The maximum Gasteiger partial charge on any atom is 0.303 e. The van der Waals surface area contributed by atoms with Crippen molar-refractivity contribution in [3.05, 3.63) is 11.8 Å². The van der Waals surface area contributed by atoms with Crippen LogP contribution in [-0.4, -0.2) is 41.5 Å². The monoisotopic (exact) mass is 281 g/mol. The van der Waals surface area contributed by atoms with Gasteiger partial charge in [0, 0.05) is 32.3 Å². The van der Waals surface area contributed by atoms with E-state index in [0.717, 1.165) is 19.5 Å². The van der Waals surface area contributed by atoms with Gasteiger partial charge in [0.25, 0.3) is 5.91 Å². The zero-order chi connectivity index (χ0) is 15.4. The summed E-state index contributed by atoms with van der Waals surface area (Å²) < 4.78 is 0. The van der Waals surface area contributed by atoms with Crippen LogP contribution in [0.2, 0.25) is 0 Å². The van der Waals surface area contributed by atoms with E-state index in [1.165, 1.54) is 0 Å². The molecule has 0 fully saturated rings. The van der Waals surface area contributed by atoms with E-state index in [0.29, 0.717) is 19.4 Å². The van der Waals surface area contributed by atoms with E-state index in [-0.39, 0.29) is 17.9 Å². The van der Waals surface area contributed by atoms with Crippen LogP contribution in [0.4, 0.5) is 0 Å². The number of carbonyl (C=O) groups is 2. The molecule has 20 heavy (non-hydrogen) atoms. The summed E-state index contributed by atoms with van der Waals surface area (Å²) in [6, 6.07) is 1.90. The molecule has 0 aliphatic heterocycles. The lowest BCUT2D eigenvalue weighted by Gasteiger charge is -2.15. The van der Waals surface area contributed by atoms with Crippen molar-refractivity contribution in [3.63, 3.8) is 0 Å². The number of nitrogens with zero attached hydrogens (tertiary/aromatic N) is 2. The Balaban J connectivity index is 4.06. The van der Waals surface area contributed by atoms with Crippen LogP contribution in [0.5, 0.6) is 0 Å². The number of nitrogens with one attached hydrogen (secondary N) is 1. The van der Waals surface area contributed by atoms with Crippen LogP contribution in [0, 0.1) is 11.3 Å².